The van der Waals surface area contributed by atoms with E-state index >= 15 is 0 Å². The summed E-state index contributed by atoms with van der Waals surface area (Å²) in [5.74, 6) is -2.48. The van der Waals surface area contributed by atoms with Crippen LogP contribution in [-0.4, -0.2) is 23.4 Å². The molecule has 2 aromatic carbocycles. The number of hydrogen-bond donors (Lipinski definition) is 1. The highest BCUT2D eigenvalue weighted by molar-refractivity contribution is 6.20. The first-order valence-electron chi connectivity index (χ1n) is 9.97. The third-order valence-corrected chi connectivity index (χ3v) is 6.01. The average Bonchev–Trinajstić information content (AvgIpc) is 3.00. The smallest absolute Gasteiger partial charge is 0.230 e. The van der Waals surface area contributed by atoms with Gasteiger partial charge in [0, 0.05) is 41.3 Å². The van der Waals surface area contributed by atoms with Crippen LogP contribution in [0.2, 0.25) is 0 Å². The first-order valence-corrected chi connectivity index (χ1v) is 9.97. The quantitative estimate of drug-likeness (QED) is 0.590. The minimum absolute atomic E-state index is 0.103. The fourth-order valence-electron chi connectivity index (χ4n) is 4.52. The average molecular weight is 424 g/mol. The topological polar surface area (TPSA) is 128 Å². The number of carboxylic acid groups (broad SMARTS) is 1. The van der Waals surface area contributed by atoms with Crippen LogP contribution in [0.15, 0.2) is 70.6 Å². The van der Waals surface area contributed by atoms with Gasteiger partial charge in [0.1, 0.15) is 17.7 Å². The number of aliphatic carboxylic acids is 1. The first-order chi connectivity index (χ1) is 15.2. The summed E-state index contributed by atoms with van der Waals surface area (Å²) < 4.78 is 0. The van der Waals surface area contributed by atoms with Gasteiger partial charge in [0.05, 0.1) is 5.57 Å². The molecule has 1 aliphatic heterocycles. The van der Waals surface area contributed by atoms with Gasteiger partial charge >= 0.3 is 0 Å². The molecule has 0 bridgehead atoms. The molecule has 4 rings (SSSR count). The Kier molecular flexibility index (Phi) is 4.83. The van der Waals surface area contributed by atoms with Crippen molar-refractivity contribution in [1.82, 2.24) is 0 Å². The molecule has 1 N–H and O–H groups in total. The summed E-state index contributed by atoms with van der Waals surface area (Å²) in [5, 5.41) is 41.9. The molecule has 0 saturated carbocycles. The molecule has 1 heterocycles. The van der Waals surface area contributed by atoms with Crippen LogP contribution in [0.5, 0.6) is 0 Å². The second kappa shape index (κ2) is 7.40. The lowest BCUT2D eigenvalue weighted by Crippen LogP contribution is -2.33. The molecule has 7 nitrogen and oxygen atoms in total. The number of carbonyl (C=O) groups is 2. The molecule has 158 valence electrons. The zero-order valence-electron chi connectivity index (χ0n) is 17.5. The van der Waals surface area contributed by atoms with Crippen molar-refractivity contribution >= 4 is 28.2 Å². The summed E-state index contributed by atoms with van der Waals surface area (Å²) in [6.07, 6.45) is 1.35. The zero-order chi connectivity index (χ0) is 23.2. The van der Waals surface area contributed by atoms with E-state index in [0.717, 1.165) is 22.0 Å². The van der Waals surface area contributed by atoms with E-state index in [-0.39, 0.29) is 29.7 Å². The third-order valence-electron chi connectivity index (χ3n) is 6.01. The van der Waals surface area contributed by atoms with Crippen LogP contribution in [0.4, 0.5) is 5.69 Å². The molecule has 0 atom stereocenters. The molecule has 2 aliphatic rings. The standard InChI is InChI=1S/C25H19N3O4/c1-25(2)19(11-17-21(15(12-26)13-27)24(32)23(17)31)28(10-9-20(29)30)18-8-7-14-5-3-4-6-16(14)22(18)25/h3-8,11,31H,9-10H2,1-2H3,(H,29,30)/p-1/b19-11-. The molecule has 0 radical (unpaired) electrons. The number of aliphatic hydroxyl groups excluding tert-OH is 1. The predicted octanol–water partition coefficient (Wildman–Crippen LogP) is 2.70. The molecule has 0 unspecified atom stereocenters. The van der Waals surface area contributed by atoms with Gasteiger partial charge in [0.15, 0.2) is 5.76 Å². The van der Waals surface area contributed by atoms with E-state index < -0.39 is 22.9 Å². The number of fused-ring (bicyclic) bond motifs is 3. The predicted molar refractivity (Wildman–Crippen MR) is 115 cm³/mol. The third kappa shape index (κ3) is 2.95. The minimum Gasteiger partial charge on any atom is -0.550 e. The number of aliphatic hydroxyl groups is 1. The van der Waals surface area contributed by atoms with Crippen LogP contribution >= 0.6 is 0 Å². The van der Waals surface area contributed by atoms with Crippen molar-refractivity contribution in [3.05, 3.63) is 76.2 Å². The fraction of sp³-hybridized carbons (Fsp3) is 0.200. The lowest BCUT2D eigenvalue weighted by atomic mass is 9.78. The van der Waals surface area contributed by atoms with Gasteiger partial charge in [-0.25, -0.2) is 0 Å². The summed E-state index contributed by atoms with van der Waals surface area (Å²) in [6.45, 7) is 4.06. The lowest BCUT2D eigenvalue weighted by Gasteiger charge is -2.29. The van der Waals surface area contributed by atoms with Crippen LogP contribution in [0.25, 0.3) is 10.8 Å². The van der Waals surface area contributed by atoms with Crippen LogP contribution in [0.3, 0.4) is 0 Å². The van der Waals surface area contributed by atoms with Crippen molar-refractivity contribution in [3.8, 4) is 12.1 Å². The van der Waals surface area contributed by atoms with Gasteiger partial charge in [-0.3, -0.25) is 4.79 Å². The van der Waals surface area contributed by atoms with E-state index in [1.165, 1.54) is 0 Å². The lowest BCUT2D eigenvalue weighted by molar-refractivity contribution is -0.305. The summed E-state index contributed by atoms with van der Waals surface area (Å²) in [5.41, 5.74) is 1.42. The maximum atomic E-state index is 12.2. The Morgan fingerprint density at radius 2 is 1.88 bits per heavy atom. The highest BCUT2D eigenvalue weighted by Crippen LogP contribution is 2.51. The molecule has 1 aliphatic carbocycles. The number of nitrogens with zero attached hydrogens (tertiary/aromatic N) is 3. The second-order valence-corrected chi connectivity index (χ2v) is 8.17. The van der Waals surface area contributed by atoms with Crippen molar-refractivity contribution in [2.45, 2.75) is 25.7 Å². The van der Waals surface area contributed by atoms with Gasteiger partial charge in [-0.05, 0) is 28.5 Å². The largest absolute Gasteiger partial charge is 0.550 e. The maximum absolute atomic E-state index is 12.2. The van der Waals surface area contributed by atoms with E-state index in [9.17, 15) is 30.3 Å². The van der Waals surface area contributed by atoms with Crippen LogP contribution < -0.4 is 10.0 Å². The molecule has 7 heteroatoms. The van der Waals surface area contributed by atoms with Crippen molar-refractivity contribution in [2.75, 3.05) is 11.4 Å². The minimum atomic E-state index is -1.20. The Labute approximate surface area is 184 Å². The van der Waals surface area contributed by atoms with Crippen molar-refractivity contribution in [2.24, 2.45) is 0 Å². The summed E-state index contributed by atoms with van der Waals surface area (Å²) in [4.78, 5) is 25.2. The van der Waals surface area contributed by atoms with Gasteiger partial charge in [-0.15, -0.1) is 0 Å². The van der Waals surface area contributed by atoms with Crippen molar-refractivity contribution in [1.29, 1.82) is 10.5 Å². The van der Waals surface area contributed by atoms with E-state index in [2.05, 4.69) is 0 Å². The first kappa shape index (κ1) is 20.9. The number of benzene rings is 2. The summed E-state index contributed by atoms with van der Waals surface area (Å²) in [6, 6.07) is 15.1. The Bertz CT molecular complexity index is 1360. The number of carbonyl (C=O) groups excluding carboxylic acids is 2. The van der Waals surface area contributed by atoms with Gasteiger partial charge in [0.25, 0.3) is 0 Å². The van der Waals surface area contributed by atoms with Gasteiger partial charge in [-0.2, -0.15) is 10.5 Å². The monoisotopic (exact) mass is 424 g/mol. The van der Waals surface area contributed by atoms with E-state index in [1.807, 2.05) is 55.1 Å². The zero-order valence-corrected chi connectivity index (χ0v) is 17.5. The van der Waals surface area contributed by atoms with Crippen LogP contribution in [0.1, 0.15) is 25.8 Å². The van der Waals surface area contributed by atoms with Gasteiger partial charge < -0.3 is 19.9 Å². The Morgan fingerprint density at radius 1 is 1.19 bits per heavy atom. The summed E-state index contributed by atoms with van der Waals surface area (Å²) >= 11 is 0. The summed E-state index contributed by atoms with van der Waals surface area (Å²) in [7, 11) is 0. The van der Waals surface area contributed by atoms with E-state index in [0.29, 0.717) is 5.70 Å². The van der Waals surface area contributed by atoms with Crippen LogP contribution in [-0.2, 0) is 15.0 Å². The number of anilines is 1. The Morgan fingerprint density at radius 3 is 2.53 bits per heavy atom. The molecular formula is C25H18N3O4-. The second-order valence-electron chi connectivity index (χ2n) is 8.17. The normalized spacial score (nSPS) is 17.8. The number of ketones is 1. The molecule has 0 spiro atoms. The highest BCUT2D eigenvalue weighted by atomic mass is 16.4. The SMILES string of the molecule is CC1(C)/C(=C/C2=C(O)C(=O)C2=C(C#N)C#N)N(CCC(=O)[O-])c2ccc3ccccc3c21. The molecule has 0 aromatic heterocycles. The molecule has 32 heavy (non-hydrogen) atoms. The van der Waals surface area contributed by atoms with E-state index in [1.54, 1.807) is 18.2 Å². The van der Waals surface area contributed by atoms with Crippen molar-refractivity contribution in [3.63, 3.8) is 0 Å². The molecular weight excluding hydrogens is 406 g/mol. The molecule has 0 fully saturated rings. The van der Waals surface area contributed by atoms with E-state index in [4.69, 9.17) is 0 Å². The Balaban J connectivity index is 1.96. The van der Waals surface area contributed by atoms with Gasteiger partial charge in [0.2, 0.25) is 5.78 Å². The van der Waals surface area contributed by atoms with Gasteiger partial charge in [-0.1, -0.05) is 44.2 Å². The Hall–Kier alpha value is -4.36. The maximum Gasteiger partial charge on any atom is 0.230 e. The molecule has 2 aromatic rings. The van der Waals surface area contributed by atoms with Crippen LogP contribution in [0, 0.1) is 22.7 Å². The number of Topliss-reactive ketones (excluding diaryl/α,β-unsaturated/α-hetero) is 1. The fourth-order valence-corrected chi connectivity index (χ4v) is 4.52. The molecule has 0 amide bonds. The van der Waals surface area contributed by atoms with Crippen molar-refractivity contribution < 1.29 is 19.8 Å². The number of carboxylic acids is 1. The highest BCUT2D eigenvalue weighted by Gasteiger charge is 2.43. The molecule has 0 saturated heterocycles. The number of rotatable bonds is 4. The number of nitriles is 2. The number of allylic oxidation sites excluding steroid dienone is 5. The number of hydrogen-bond acceptors (Lipinski definition) is 7.